The van der Waals surface area contributed by atoms with Crippen LogP contribution in [0.25, 0.3) is 0 Å². The summed E-state index contributed by atoms with van der Waals surface area (Å²) in [5.74, 6) is 0.390. The maximum absolute atomic E-state index is 8.99. The molecule has 3 nitrogen and oxygen atoms in total. The molecule has 1 heterocycles. The lowest BCUT2D eigenvalue weighted by Crippen LogP contribution is -2.21. The summed E-state index contributed by atoms with van der Waals surface area (Å²) in [6, 6.07) is 10.1. The average molecular weight is 207 g/mol. The molecule has 82 valence electrons. The van der Waals surface area contributed by atoms with E-state index in [1.165, 1.54) is 5.56 Å². The van der Waals surface area contributed by atoms with Crippen LogP contribution in [0, 0.1) is 5.92 Å². The quantitative estimate of drug-likeness (QED) is 0.810. The van der Waals surface area contributed by atoms with Crippen LogP contribution in [0.4, 0.5) is 0 Å². The largest absolute Gasteiger partial charge is 0.396 e. The minimum atomic E-state index is 0.269. The van der Waals surface area contributed by atoms with Gasteiger partial charge in [0.1, 0.15) is 0 Å². The highest BCUT2D eigenvalue weighted by Crippen LogP contribution is 2.16. The molecule has 1 fully saturated rings. The smallest absolute Gasteiger partial charge is 0.0935 e. The molecule has 1 N–H and O–H groups in total. The second-order valence-corrected chi connectivity index (χ2v) is 3.98. The van der Waals surface area contributed by atoms with Gasteiger partial charge in [0.15, 0.2) is 0 Å². The van der Waals surface area contributed by atoms with Gasteiger partial charge in [0.2, 0.25) is 0 Å². The Labute approximate surface area is 90.2 Å². The van der Waals surface area contributed by atoms with E-state index < -0.39 is 0 Å². The molecule has 0 aromatic heterocycles. The van der Waals surface area contributed by atoms with Crippen molar-refractivity contribution in [3.63, 3.8) is 0 Å². The van der Waals surface area contributed by atoms with E-state index in [1.54, 1.807) is 0 Å². The van der Waals surface area contributed by atoms with Crippen LogP contribution in [0.1, 0.15) is 12.0 Å². The van der Waals surface area contributed by atoms with Crippen LogP contribution in [0.3, 0.4) is 0 Å². The van der Waals surface area contributed by atoms with Crippen LogP contribution in [-0.4, -0.2) is 29.9 Å². The molecule has 1 saturated heterocycles. The van der Waals surface area contributed by atoms with Crippen molar-refractivity contribution in [1.29, 1.82) is 0 Å². The van der Waals surface area contributed by atoms with E-state index in [0.717, 1.165) is 19.5 Å². The number of nitrogens with zero attached hydrogens (tertiary/aromatic N) is 1. The monoisotopic (exact) mass is 207 g/mol. The number of hydrogen-bond donors (Lipinski definition) is 1. The molecule has 3 heteroatoms. The number of hydroxylamine groups is 2. The Bertz CT molecular complexity index is 289. The number of aliphatic hydroxyl groups is 1. The first-order valence-corrected chi connectivity index (χ1v) is 5.41. The Balaban J connectivity index is 1.75. The molecular weight excluding hydrogens is 190 g/mol. The first-order valence-electron chi connectivity index (χ1n) is 5.41. The van der Waals surface area contributed by atoms with Crippen molar-refractivity contribution in [2.45, 2.75) is 13.0 Å². The van der Waals surface area contributed by atoms with Gasteiger partial charge in [-0.05, 0) is 17.9 Å². The second-order valence-electron chi connectivity index (χ2n) is 3.98. The summed E-state index contributed by atoms with van der Waals surface area (Å²) in [5, 5.41) is 10.9. The number of hydrogen-bond acceptors (Lipinski definition) is 3. The highest BCUT2D eigenvalue weighted by atomic mass is 16.7. The standard InChI is InChI=1S/C12H17NO2/c14-9-12-6-7-13(8-12)15-10-11-4-2-1-3-5-11/h1-5,12,14H,6-10H2. The molecule has 1 atom stereocenters. The van der Waals surface area contributed by atoms with Crippen LogP contribution < -0.4 is 0 Å². The summed E-state index contributed by atoms with van der Waals surface area (Å²) in [6.07, 6.45) is 1.03. The molecule has 1 aromatic rings. The van der Waals surface area contributed by atoms with Gasteiger partial charge in [0.25, 0.3) is 0 Å². The molecule has 1 unspecified atom stereocenters. The number of benzene rings is 1. The van der Waals surface area contributed by atoms with E-state index in [9.17, 15) is 0 Å². The van der Waals surface area contributed by atoms with Gasteiger partial charge in [-0.25, -0.2) is 0 Å². The third-order valence-electron chi connectivity index (χ3n) is 2.76. The van der Waals surface area contributed by atoms with Crippen molar-refractivity contribution >= 4 is 0 Å². The lowest BCUT2D eigenvalue weighted by molar-refractivity contribution is -0.156. The minimum absolute atomic E-state index is 0.269. The highest BCUT2D eigenvalue weighted by molar-refractivity contribution is 5.13. The molecule has 0 amide bonds. The molecular formula is C12H17NO2. The average Bonchev–Trinajstić information content (AvgIpc) is 2.76. The van der Waals surface area contributed by atoms with Gasteiger partial charge in [-0.3, -0.25) is 4.84 Å². The molecule has 0 aliphatic carbocycles. The molecule has 0 saturated carbocycles. The van der Waals surface area contributed by atoms with E-state index in [0.29, 0.717) is 12.5 Å². The van der Waals surface area contributed by atoms with Crippen LogP contribution in [0.5, 0.6) is 0 Å². The van der Waals surface area contributed by atoms with Gasteiger partial charge in [-0.15, -0.1) is 0 Å². The summed E-state index contributed by atoms with van der Waals surface area (Å²) in [7, 11) is 0. The van der Waals surface area contributed by atoms with Crippen LogP contribution >= 0.6 is 0 Å². The van der Waals surface area contributed by atoms with E-state index in [1.807, 2.05) is 23.3 Å². The van der Waals surface area contributed by atoms with E-state index in [4.69, 9.17) is 9.94 Å². The third-order valence-corrected chi connectivity index (χ3v) is 2.76. The second kappa shape index (κ2) is 5.26. The number of rotatable bonds is 4. The first-order chi connectivity index (χ1) is 7.38. The topological polar surface area (TPSA) is 32.7 Å². The van der Waals surface area contributed by atoms with Gasteiger partial charge in [0, 0.05) is 19.7 Å². The summed E-state index contributed by atoms with van der Waals surface area (Å²) in [4.78, 5) is 5.64. The molecule has 1 aromatic carbocycles. The Morgan fingerprint density at radius 1 is 1.33 bits per heavy atom. The molecule has 0 spiro atoms. The summed E-state index contributed by atoms with van der Waals surface area (Å²) in [6.45, 7) is 2.67. The van der Waals surface area contributed by atoms with Gasteiger partial charge in [0.05, 0.1) is 6.61 Å². The van der Waals surface area contributed by atoms with E-state index >= 15 is 0 Å². The lowest BCUT2D eigenvalue weighted by Gasteiger charge is -2.15. The predicted octanol–water partition coefficient (Wildman–Crippen LogP) is 1.43. The zero-order chi connectivity index (χ0) is 10.5. The predicted molar refractivity (Wildman–Crippen MR) is 58.0 cm³/mol. The zero-order valence-corrected chi connectivity index (χ0v) is 8.80. The lowest BCUT2D eigenvalue weighted by atomic mass is 10.1. The molecule has 1 aliphatic heterocycles. The van der Waals surface area contributed by atoms with Crippen molar-refractivity contribution in [1.82, 2.24) is 5.06 Å². The van der Waals surface area contributed by atoms with Crippen molar-refractivity contribution < 1.29 is 9.94 Å². The minimum Gasteiger partial charge on any atom is -0.396 e. The maximum Gasteiger partial charge on any atom is 0.0935 e. The van der Waals surface area contributed by atoms with Gasteiger partial charge < -0.3 is 5.11 Å². The normalized spacial score (nSPS) is 22.1. The van der Waals surface area contributed by atoms with E-state index in [2.05, 4.69) is 12.1 Å². The maximum atomic E-state index is 8.99. The molecule has 2 rings (SSSR count). The summed E-state index contributed by atoms with van der Waals surface area (Å²) >= 11 is 0. The van der Waals surface area contributed by atoms with Gasteiger partial charge in [-0.2, -0.15) is 5.06 Å². The first kappa shape index (κ1) is 10.6. The highest BCUT2D eigenvalue weighted by Gasteiger charge is 2.22. The number of aliphatic hydroxyl groups excluding tert-OH is 1. The Morgan fingerprint density at radius 3 is 2.80 bits per heavy atom. The third kappa shape index (κ3) is 3.02. The fraction of sp³-hybridized carbons (Fsp3) is 0.500. The molecule has 0 bridgehead atoms. The molecule has 1 aliphatic rings. The fourth-order valence-corrected chi connectivity index (χ4v) is 1.80. The van der Waals surface area contributed by atoms with Gasteiger partial charge >= 0.3 is 0 Å². The van der Waals surface area contributed by atoms with Crippen molar-refractivity contribution in [3.8, 4) is 0 Å². The van der Waals surface area contributed by atoms with E-state index in [-0.39, 0.29) is 6.61 Å². The zero-order valence-electron chi connectivity index (χ0n) is 8.80. The van der Waals surface area contributed by atoms with Crippen LogP contribution in [-0.2, 0) is 11.4 Å². The Kier molecular flexibility index (Phi) is 3.72. The van der Waals surface area contributed by atoms with Gasteiger partial charge in [-0.1, -0.05) is 30.3 Å². The molecule has 0 radical (unpaired) electrons. The SMILES string of the molecule is OCC1CCN(OCc2ccccc2)C1. The van der Waals surface area contributed by atoms with Crippen molar-refractivity contribution in [2.75, 3.05) is 19.7 Å². The fourth-order valence-electron chi connectivity index (χ4n) is 1.80. The summed E-state index contributed by atoms with van der Waals surface area (Å²) < 4.78 is 0. The molecule has 15 heavy (non-hydrogen) atoms. The van der Waals surface area contributed by atoms with Crippen LogP contribution in [0.2, 0.25) is 0 Å². The van der Waals surface area contributed by atoms with Crippen molar-refractivity contribution in [2.24, 2.45) is 5.92 Å². The Hall–Kier alpha value is -0.900. The van der Waals surface area contributed by atoms with Crippen molar-refractivity contribution in [3.05, 3.63) is 35.9 Å². The van der Waals surface area contributed by atoms with Crippen LogP contribution in [0.15, 0.2) is 30.3 Å². The Morgan fingerprint density at radius 2 is 2.13 bits per heavy atom. The summed E-state index contributed by atoms with van der Waals surface area (Å²) in [5.41, 5.74) is 1.19.